The van der Waals surface area contributed by atoms with E-state index in [-0.39, 0.29) is 16.4 Å². The van der Waals surface area contributed by atoms with Gasteiger partial charge in [-0.25, -0.2) is 4.98 Å². The second-order valence-electron chi connectivity index (χ2n) is 7.60. The van der Waals surface area contributed by atoms with Gasteiger partial charge in [-0.3, -0.25) is 0 Å². The lowest BCUT2D eigenvalue weighted by molar-refractivity contribution is -0.136. The molecule has 153 valence electrons. The SMILES string of the molecule is Cn1cnnc1CC1(c2cccc(-c3nc4c[c]cc(C(F)(F)F)c4[nH]3)c2)COC1. The van der Waals surface area contributed by atoms with Gasteiger partial charge in [0, 0.05) is 24.4 Å². The highest BCUT2D eigenvalue weighted by molar-refractivity contribution is 5.82. The minimum absolute atomic E-state index is 0.0394. The van der Waals surface area contributed by atoms with Crippen molar-refractivity contribution in [2.24, 2.45) is 7.05 Å². The van der Waals surface area contributed by atoms with Crippen LogP contribution in [0.15, 0.2) is 42.7 Å². The van der Waals surface area contributed by atoms with Crippen molar-refractivity contribution in [1.29, 1.82) is 0 Å². The molecule has 30 heavy (non-hydrogen) atoms. The van der Waals surface area contributed by atoms with Crippen LogP contribution in [0.1, 0.15) is 17.0 Å². The van der Waals surface area contributed by atoms with Gasteiger partial charge in [0.2, 0.25) is 0 Å². The number of aromatic amines is 1. The molecule has 0 aliphatic carbocycles. The largest absolute Gasteiger partial charge is 0.418 e. The van der Waals surface area contributed by atoms with Crippen molar-refractivity contribution < 1.29 is 17.9 Å². The topological polar surface area (TPSA) is 68.6 Å². The molecule has 3 heterocycles. The minimum atomic E-state index is -4.48. The van der Waals surface area contributed by atoms with E-state index in [2.05, 4.69) is 26.2 Å². The van der Waals surface area contributed by atoms with E-state index in [1.165, 1.54) is 6.07 Å². The first-order chi connectivity index (χ1) is 14.4. The number of aromatic nitrogens is 5. The molecule has 1 N–H and O–H groups in total. The second-order valence-corrected chi connectivity index (χ2v) is 7.60. The van der Waals surface area contributed by atoms with Gasteiger partial charge in [0.1, 0.15) is 18.0 Å². The zero-order valence-electron chi connectivity index (χ0n) is 16.0. The summed E-state index contributed by atoms with van der Waals surface area (Å²) >= 11 is 0. The van der Waals surface area contributed by atoms with Gasteiger partial charge in [-0.05, 0) is 29.8 Å². The number of fused-ring (bicyclic) bond motifs is 1. The zero-order valence-corrected chi connectivity index (χ0v) is 16.0. The Morgan fingerprint density at radius 2 is 2.10 bits per heavy atom. The Labute approximate surface area is 169 Å². The van der Waals surface area contributed by atoms with Crippen LogP contribution in [0.3, 0.4) is 0 Å². The highest BCUT2D eigenvalue weighted by Crippen LogP contribution is 2.38. The summed E-state index contributed by atoms with van der Waals surface area (Å²) in [5.74, 6) is 1.23. The first-order valence-electron chi connectivity index (χ1n) is 9.34. The standard InChI is InChI=1S/C21H17F3N5O/c1-29-12-25-28-17(29)9-20(10-30-11-20)14-5-2-4-13(8-14)19-26-16-7-3-6-15(18(16)27-19)21(22,23)24/h2,4-8,12H,9-11H2,1H3,(H,26,27). The van der Waals surface area contributed by atoms with Crippen LogP contribution < -0.4 is 0 Å². The number of halogens is 3. The van der Waals surface area contributed by atoms with Crippen molar-refractivity contribution in [1.82, 2.24) is 24.7 Å². The maximum atomic E-state index is 13.3. The molecule has 2 aromatic carbocycles. The van der Waals surface area contributed by atoms with Crippen LogP contribution in [0, 0.1) is 6.07 Å². The van der Waals surface area contributed by atoms with Gasteiger partial charge in [0.25, 0.3) is 0 Å². The van der Waals surface area contributed by atoms with Crippen molar-refractivity contribution >= 4 is 11.0 Å². The average molecular weight is 412 g/mol. The molecule has 0 spiro atoms. The molecule has 6 nitrogen and oxygen atoms in total. The summed E-state index contributed by atoms with van der Waals surface area (Å²) in [7, 11) is 1.89. The highest BCUT2D eigenvalue weighted by atomic mass is 19.4. The predicted molar refractivity (Wildman–Crippen MR) is 103 cm³/mol. The number of aryl methyl sites for hydroxylation is 1. The molecule has 1 saturated heterocycles. The highest BCUT2D eigenvalue weighted by Gasteiger charge is 2.42. The summed E-state index contributed by atoms with van der Waals surface area (Å²) in [6.45, 7) is 1.08. The zero-order chi connectivity index (χ0) is 20.9. The van der Waals surface area contributed by atoms with Crippen LogP contribution in [-0.4, -0.2) is 37.9 Å². The van der Waals surface area contributed by atoms with Crippen molar-refractivity contribution in [3.8, 4) is 11.4 Å². The third kappa shape index (κ3) is 3.06. The van der Waals surface area contributed by atoms with Crippen LogP contribution >= 0.6 is 0 Å². The Morgan fingerprint density at radius 3 is 2.77 bits per heavy atom. The quantitative estimate of drug-likeness (QED) is 0.555. The molecule has 1 radical (unpaired) electrons. The molecular formula is C21H17F3N5O. The van der Waals surface area contributed by atoms with Crippen molar-refractivity contribution in [2.45, 2.75) is 18.0 Å². The van der Waals surface area contributed by atoms with E-state index in [9.17, 15) is 13.2 Å². The molecule has 5 rings (SSSR count). The number of hydrogen-bond donors (Lipinski definition) is 1. The molecule has 0 saturated carbocycles. The van der Waals surface area contributed by atoms with Gasteiger partial charge in [-0.15, -0.1) is 10.2 Å². The van der Waals surface area contributed by atoms with Crippen LogP contribution in [0.25, 0.3) is 22.4 Å². The molecule has 9 heteroatoms. The molecular weight excluding hydrogens is 395 g/mol. The average Bonchev–Trinajstić information content (AvgIpc) is 3.29. The van der Waals surface area contributed by atoms with E-state index in [4.69, 9.17) is 4.74 Å². The summed E-state index contributed by atoms with van der Waals surface area (Å²) in [4.78, 5) is 7.22. The fourth-order valence-electron chi connectivity index (χ4n) is 3.82. The number of ether oxygens (including phenoxy) is 1. The number of alkyl halides is 3. The van der Waals surface area contributed by atoms with Crippen LogP contribution in [0.4, 0.5) is 13.2 Å². The van der Waals surface area contributed by atoms with Crippen LogP contribution in [0.5, 0.6) is 0 Å². The van der Waals surface area contributed by atoms with Gasteiger partial charge in [-0.2, -0.15) is 13.2 Å². The van der Waals surface area contributed by atoms with E-state index in [1.807, 2.05) is 35.9 Å². The Hall–Kier alpha value is -3.20. The van der Waals surface area contributed by atoms with Gasteiger partial charge >= 0.3 is 6.18 Å². The molecule has 0 bridgehead atoms. The maximum absolute atomic E-state index is 13.3. The summed E-state index contributed by atoms with van der Waals surface area (Å²) in [5.41, 5.74) is 0.890. The molecule has 1 aliphatic heterocycles. The summed E-state index contributed by atoms with van der Waals surface area (Å²) in [6, 6.07) is 12.6. The van der Waals surface area contributed by atoms with Gasteiger partial charge < -0.3 is 14.3 Å². The normalized spacial score (nSPS) is 16.0. The van der Waals surface area contributed by atoms with Gasteiger partial charge in [0.05, 0.1) is 29.8 Å². The number of nitrogens with zero attached hydrogens (tertiary/aromatic N) is 4. The van der Waals surface area contributed by atoms with Crippen molar-refractivity contribution in [2.75, 3.05) is 13.2 Å². The van der Waals surface area contributed by atoms with Gasteiger partial charge in [-0.1, -0.05) is 18.2 Å². The minimum Gasteiger partial charge on any atom is -0.379 e. The fraction of sp³-hybridized carbons (Fsp3) is 0.286. The van der Waals surface area contributed by atoms with E-state index in [1.54, 1.807) is 6.33 Å². The Bertz CT molecular complexity index is 1220. The lowest BCUT2D eigenvalue weighted by Gasteiger charge is -2.41. The molecule has 0 unspecified atom stereocenters. The lowest BCUT2D eigenvalue weighted by atomic mass is 9.75. The first kappa shape index (κ1) is 18.8. The Kier molecular flexibility index (Phi) is 4.18. The fourth-order valence-corrected chi connectivity index (χ4v) is 3.82. The first-order valence-corrected chi connectivity index (χ1v) is 9.34. The Morgan fingerprint density at radius 1 is 1.27 bits per heavy atom. The summed E-state index contributed by atoms with van der Waals surface area (Å²) in [6.07, 6.45) is -2.17. The van der Waals surface area contributed by atoms with Gasteiger partial charge in [0.15, 0.2) is 0 Å². The number of nitrogens with one attached hydrogen (secondary N) is 1. The van der Waals surface area contributed by atoms with Crippen molar-refractivity contribution in [3.05, 3.63) is 65.7 Å². The maximum Gasteiger partial charge on any atom is 0.418 e. The molecule has 1 aliphatic rings. The monoisotopic (exact) mass is 412 g/mol. The van der Waals surface area contributed by atoms with Crippen molar-refractivity contribution in [3.63, 3.8) is 0 Å². The summed E-state index contributed by atoms with van der Waals surface area (Å²) < 4.78 is 47.4. The van der Waals surface area contributed by atoms with E-state index in [0.29, 0.717) is 31.0 Å². The second kappa shape index (κ2) is 6.66. The third-order valence-corrected chi connectivity index (χ3v) is 5.56. The molecule has 1 fully saturated rings. The molecule has 4 aromatic rings. The van der Waals surface area contributed by atoms with E-state index in [0.717, 1.165) is 17.5 Å². The number of H-pyrrole nitrogens is 1. The molecule has 0 amide bonds. The van der Waals surface area contributed by atoms with E-state index < -0.39 is 11.7 Å². The number of rotatable bonds is 4. The smallest absolute Gasteiger partial charge is 0.379 e. The van der Waals surface area contributed by atoms with E-state index >= 15 is 0 Å². The summed E-state index contributed by atoms with van der Waals surface area (Å²) in [5, 5.41) is 8.12. The lowest BCUT2D eigenvalue weighted by Crippen LogP contribution is -2.49. The molecule has 2 aromatic heterocycles. The van der Waals surface area contributed by atoms with Crippen LogP contribution in [0.2, 0.25) is 0 Å². The third-order valence-electron chi connectivity index (χ3n) is 5.56. The number of imidazole rings is 1. The van der Waals surface area contributed by atoms with Crippen LogP contribution in [-0.2, 0) is 29.8 Å². The number of benzene rings is 2. The Balaban J connectivity index is 1.55. The number of hydrogen-bond acceptors (Lipinski definition) is 4. The molecule has 0 atom stereocenters. The predicted octanol–water partition coefficient (Wildman–Crippen LogP) is 3.69.